The second-order valence-electron chi connectivity index (χ2n) is 5.77. The molecular formula is C18H19N3O. The summed E-state index contributed by atoms with van der Waals surface area (Å²) in [6, 6.07) is 13.8. The summed E-state index contributed by atoms with van der Waals surface area (Å²) in [5.74, 6) is -0.438. The number of hydrogen-bond donors (Lipinski definition) is 1. The highest BCUT2D eigenvalue weighted by Crippen LogP contribution is 2.26. The minimum absolute atomic E-state index is 0.438. The summed E-state index contributed by atoms with van der Waals surface area (Å²) < 4.78 is 0. The molecule has 0 aliphatic heterocycles. The Morgan fingerprint density at radius 3 is 2.68 bits per heavy atom. The van der Waals surface area contributed by atoms with E-state index in [2.05, 4.69) is 16.0 Å². The minimum Gasteiger partial charge on any atom is -0.366 e. The van der Waals surface area contributed by atoms with Crippen molar-refractivity contribution in [1.82, 2.24) is 9.88 Å². The third kappa shape index (κ3) is 2.65. The van der Waals surface area contributed by atoms with E-state index in [-0.39, 0.29) is 0 Å². The summed E-state index contributed by atoms with van der Waals surface area (Å²) in [7, 11) is 4.10. The largest absolute Gasteiger partial charge is 0.366 e. The number of likely N-dealkylation sites (N-methyl/N-ethyl adjacent to an activating group) is 1. The summed E-state index contributed by atoms with van der Waals surface area (Å²) in [5.41, 5.74) is 8.75. The van der Waals surface area contributed by atoms with Crippen LogP contribution in [0.2, 0.25) is 0 Å². The Morgan fingerprint density at radius 2 is 1.95 bits per heavy atom. The maximum absolute atomic E-state index is 11.7. The third-order valence-electron chi connectivity index (χ3n) is 3.87. The molecule has 4 heteroatoms. The zero-order chi connectivity index (χ0) is 15.7. The smallest absolute Gasteiger partial charge is 0.250 e. The number of carbonyl (C=O) groups excluding carboxylic acids is 1. The normalized spacial score (nSPS) is 11.4. The van der Waals surface area contributed by atoms with Crippen molar-refractivity contribution in [2.45, 2.75) is 6.42 Å². The maximum Gasteiger partial charge on any atom is 0.250 e. The lowest BCUT2D eigenvalue weighted by Crippen LogP contribution is -2.16. The van der Waals surface area contributed by atoms with E-state index < -0.39 is 5.91 Å². The van der Waals surface area contributed by atoms with Crippen LogP contribution in [0.25, 0.3) is 21.8 Å². The Morgan fingerprint density at radius 1 is 1.18 bits per heavy atom. The van der Waals surface area contributed by atoms with Crippen molar-refractivity contribution in [1.29, 1.82) is 0 Å². The molecule has 0 atom stereocenters. The summed E-state index contributed by atoms with van der Waals surface area (Å²) in [5, 5.41) is 2.08. The Labute approximate surface area is 129 Å². The van der Waals surface area contributed by atoms with E-state index in [1.165, 1.54) is 5.56 Å². The highest BCUT2D eigenvalue weighted by atomic mass is 16.1. The van der Waals surface area contributed by atoms with E-state index in [4.69, 9.17) is 5.73 Å². The molecule has 0 aliphatic carbocycles. The van der Waals surface area contributed by atoms with Crippen LogP contribution in [0.1, 0.15) is 15.9 Å². The number of amides is 1. The molecule has 1 heterocycles. The Bertz CT molecular complexity index is 855. The molecule has 0 spiro atoms. The molecular weight excluding hydrogens is 274 g/mol. The molecule has 0 unspecified atom stereocenters. The predicted octanol–water partition coefficient (Wildman–Crippen LogP) is 2.59. The number of aromatic nitrogens is 1. The van der Waals surface area contributed by atoms with Crippen LogP contribution in [0.4, 0.5) is 0 Å². The van der Waals surface area contributed by atoms with Gasteiger partial charge in [-0.1, -0.05) is 24.3 Å². The van der Waals surface area contributed by atoms with Crippen LogP contribution in [0.3, 0.4) is 0 Å². The molecule has 2 N–H and O–H groups in total. The fourth-order valence-electron chi connectivity index (χ4n) is 2.68. The van der Waals surface area contributed by atoms with Crippen molar-refractivity contribution in [3.05, 3.63) is 53.6 Å². The second kappa shape index (κ2) is 5.73. The summed E-state index contributed by atoms with van der Waals surface area (Å²) in [6.07, 6.45) is 0.905. The van der Waals surface area contributed by atoms with Crippen molar-refractivity contribution in [3.63, 3.8) is 0 Å². The monoisotopic (exact) mass is 293 g/mol. The van der Waals surface area contributed by atoms with E-state index in [9.17, 15) is 4.79 Å². The van der Waals surface area contributed by atoms with Gasteiger partial charge in [0.2, 0.25) is 0 Å². The summed E-state index contributed by atoms with van der Waals surface area (Å²) in [6.45, 7) is 0.942. The number of para-hydroxylation sites is 1. The number of hydrogen-bond acceptors (Lipinski definition) is 3. The van der Waals surface area contributed by atoms with Crippen LogP contribution in [-0.4, -0.2) is 36.4 Å². The van der Waals surface area contributed by atoms with Crippen molar-refractivity contribution in [3.8, 4) is 0 Å². The van der Waals surface area contributed by atoms with Gasteiger partial charge in [-0.25, -0.2) is 4.98 Å². The Kier molecular flexibility index (Phi) is 3.77. The van der Waals surface area contributed by atoms with Gasteiger partial charge in [0.15, 0.2) is 0 Å². The SMILES string of the molecule is CN(C)CCc1ccc(C(N)=O)c2nc3ccccc3cc12. The van der Waals surface area contributed by atoms with Crippen molar-refractivity contribution >= 4 is 27.7 Å². The molecule has 22 heavy (non-hydrogen) atoms. The van der Waals surface area contributed by atoms with Crippen LogP contribution in [-0.2, 0) is 6.42 Å². The first-order valence-corrected chi connectivity index (χ1v) is 7.32. The minimum atomic E-state index is -0.438. The molecule has 3 aromatic rings. The van der Waals surface area contributed by atoms with Gasteiger partial charge in [0.1, 0.15) is 0 Å². The number of nitrogens with zero attached hydrogens (tertiary/aromatic N) is 2. The van der Waals surface area contributed by atoms with E-state index in [0.29, 0.717) is 11.1 Å². The molecule has 0 bridgehead atoms. The second-order valence-corrected chi connectivity index (χ2v) is 5.77. The number of nitrogens with two attached hydrogens (primary N) is 1. The summed E-state index contributed by atoms with van der Waals surface area (Å²) >= 11 is 0. The number of primary amides is 1. The van der Waals surface area contributed by atoms with Crippen LogP contribution in [0.15, 0.2) is 42.5 Å². The van der Waals surface area contributed by atoms with Gasteiger partial charge in [-0.2, -0.15) is 0 Å². The first-order chi connectivity index (χ1) is 10.6. The molecule has 0 saturated heterocycles. The number of carbonyl (C=O) groups is 1. The molecule has 1 amide bonds. The van der Waals surface area contributed by atoms with E-state index in [1.807, 2.05) is 44.4 Å². The Hall–Kier alpha value is -2.46. The molecule has 4 nitrogen and oxygen atoms in total. The highest BCUT2D eigenvalue weighted by molar-refractivity contribution is 6.08. The number of benzene rings is 2. The van der Waals surface area contributed by atoms with Gasteiger partial charge in [0, 0.05) is 17.3 Å². The van der Waals surface area contributed by atoms with Gasteiger partial charge in [-0.15, -0.1) is 0 Å². The standard InChI is InChI=1S/C18H19N3O/c1-21(2)10-9-12-7-8-14(18(19)22)17-15(12)11-13-5-3-4-6-16(13)20-17/h3-8,11H,9-10H2,1-2H3,(H2,19,22). The van der Waals surface area contributed by atoms with Crippen LogP contribution >= 0.6 is 0 Å². The highest BCUT2D eigenvalue weighted by Gasteiger charge is 2.12. The van der Waals surface area contributed by atoms with E-state index in [1.54, 1.807) is 6.07 Å². The van der Waals surface area contributed by atoms with Crippen molar-refractivity contribution in [2.24, 2.45) is 5.73 Å². The average molecular weight is 293 g/mol. The van der Waals surface area contributed by atoms with Gasteiger partial charge in [-0.05, 0) is 44.3 Å². The molecule has 1 aromatic heterocycles. The van der Waals surface area contributed by atoms with Crippen LogP contribution in [0.5, 0.6) is 0 Å². The number of pyridine rings is 1. The Balaban J connectivity index is 2.27. The molecule has 0 radical (unpaired) electrons. The van der Waals surface area contributed by atoms with Gasteiger partial charge in [0.05, 0.1) is 16.6 Å². The zero-order valence-electron chi connectivity index (χ0n) is 12.8. The average Bonchev–Trinajstić information content (AvgIpc) is 2.50. The van der Waals surface area contributed by atoms with Crippen LogP contribution in [0, 0.1) is 0 Å². The number of rotatable bonds is 4. The van der Waals surface area contributed by atoms with Gasteiger partial charge >= 0.3 is 0 Å². The molecule has 112 valence electrons. The van der Waals surface area contributed by atoms with Crippen molar-refractivity contribution < 1.29 is 4.79 Å². The van der Waals surface area contributed by atoms with Crippen LogP contribution < -0.4 is 5.73 Å². The number of fused-ring (bicyclic) bond motifs is 2. The lowest BCUT2D eigenvalue weighted by molar-refractivity contribution is 0.100. The molecule has 3 rings (SSSR count). The third-order valence-corrected chi connectivity index (χ3v) is 3.87. The molecule has 0 aliphatic rings. The van der Waals surface area contributed by atoms with E-state index in [0.717, 1.165) is 29.3 Å². The first kappa shape index (κ1) is 14.5. The lowest BCUT2D eigenvalue weighted by Gasteiger charge is -2.13. The van der Waals surface area contributed by atoms with Gasteiger partial charge in [0.25, 0.3) is 5.91 Å². The first-order valence-electron chi connectivity index (χ1n) is 7.32. The lowest BCUT2D eigenvalue weighted by atomic mass is 9.99. The van der Waals surface area contributed by atoms with Crippen molar-refractivity contribution in [2.75, 3.05) is 20.6 Å². The predicted molar refractivity (Wildman–Crippen MR) is 90.0 cm³/mol. The van der Waals surface area contributed by atoms with Gasteiger partial charge in [-0.3, -0.25) is 4.79 Å². The molecule has 0 saturated carbocycles. The quantitative estimate of drug-likeness (QED) is 0.752. The fraction of sp³-hybridized carbons (Fsp3) is 0.222. The summed E-state index contributed by atoms with van der Waals surface area (Å²) in [4.78, 5) is 18.5. The molecule has 0 fully saturated rings. The fourth-order valence-corrected chi connectivity index (χ4v) is 2.68. The topological polar surface area (TPSA) is 59.2 Å². The van der Waals surface area contributed by atoms with Gasteiger partial charge < -0.3 is 10.6 Å². The van der Waals surface area contributed by atoms with E-state index >= 15 is 0 Å². The zero-order valence-corrected chi connectivity index (χ0v) is 12.8. The maximum atomic E-state index is 11.7. The molecule has 2 aromatic carbocycles.